The molecule has 0 amide bonds. The molecule has 2 N–H and O–H groups in total. The summed E-state index contributed by atoms with van der Waals surface area (Å²) in [7, 11) is 0. The van der Waals surface area contributed by atoms with E-state index in [0.717, 1.165) is 26.2 Å². The second-order valence-corrected chi connectivity index (χ2v) is 5.49. The van der Waals surface area contributed by atoms with E-state index in [1.165, 1.54) is 16.7 Å². The maximum absolute atomic E-state index is 6.09. The molecule has 0 spiro atoms. The largest absolute Gasteiger partial charge is 0.378 e. The van der Waals surface area contributed by atoms with Crippen molar-refractivity contribution in [2.75, 3.05) is 26.3 Å². The molecule has 2 unspecified atom stereocenters. The molecule has 3 nitrogen and oxygen atoms in total. The number of hydrogen-bond acceptors (Lipinski definition) is 3. The number of nitrogens with zero attached hydrogens (tertiary/aromatic N) is 1. The molecule has 106 valence electrons. The van der Waals surface area contributed by atoms with Crippen molar-refractivity contribution in [3.05, 3.63) is 34.9 Å². The van der Waals surface area contributed by atoms with Crippen LogP contribution in [0, 0.1) is 13.8 Å². The van der Waals surface area contributed by atoms with Crippen LogP contribution in [0.2, 0.25) is 0 Å². The summed E-state index contributed by atoms with van der Waals surface area (Å²) in [5, 5.41) is 0. The summed E-state index contributed by atoms with van der Waals surface area (Å²) in [5.41, 5.74) is 10.1. The van der Waals surface area contributed by atoms with Crippen molar-refractivity contribution in [2.45, 2.75) is 39.3 Å². The number of ether oxygens (including phenoxy) is 1. The zero-order chi connectivity index (χ0) is 13.8. The van der Waals surface area contributed by atoms with Crippen LogP contribution in [0.3, 0.4) is 0 Å². The van der Waals surface area contributed by atoms with Crippen molar-refractivity contribution in [3.8, 4) is 0 Å². The summed E-state index contributed by atoms with van der Waals surface area (Å²) in [4.78, 5) is 2.53. The van der Waals surface area contributed by atoms with E-state index < -0.39 is 0 Å². The van der Waals surface area contributed by atoms with Crippen LogP contribution in [0.15, 0.2) is 18.2 Å². The Morgan fingerprint density at radius 2 is 2.21 bits per heavy atom. The zero-order valence-electron chi connectivity index (χ0n) is 12.4. The van der Waals surface area contributed by atoms with Gasteiger partial charge in [-0.1, -0.05) is 30.7 Å². The fourth-order valence-electron chi connectivity index (χ4n) is 2.99. The van der Waals surface area contributed by atoms with Gasteiger partial charge >= 0.3 is 0 Å². The van der Waals surface area contributed by atoms with Gasteiger partial charge in [0.15, 0.2) is 0 Å². The van der Waals surface area contributed by atoms with Crippen molar-refractivity contribution in [2.24, 2.45) is 5.73 Å². The molecule has 1 fully saturated rings. The first kappa shape index (κ1) is 14.5. The van der Waals surface area contributed by atoms with E-state index >= 15 is 0 Å². The van der Waals surface area contributed by atoms with Crippen LogP contribution in [0.5, 0.6) is 0 Å². The van der Waals surface area contributed by atoms with Gasteiger partial charge in [0.05, 0.1) is 13.2 Å². The van der Waals surface area contributed by atoms with E-state index in [0.29, 0.717) is 18.6 Å². The van der Waals surface area contributed by atoms with Gasteiger partial charge in [-0.2, -0.15) is 0 Å². The Hall–Kier alpha value is -0.900. The third-order valence-corrected chi connectivity index (χ3v) is 4.16. The zero-order valence-corrected chi connectivity index (χ0v) is 12.4. The van der Waals surface area contributed by atoms with Crippen LogP contribution >= 0.6 is 0 Å². The van der Waals surface area contributed by atoms with E-state index in [1.54, 1.807) is 0 Å². The van der Waals surface area contributed by atoms with Gasteiger partial charge in [0.25, 0.3) is 0 Å². The normalized spacial score (nSPS) is 22.4. The number of morpholine rings is 1. The fraction of sp³-hybridized carbons (Fsp3) is 0.625. The van der Waals surface area contributed by atoms with Crippen molar-refractivity contribution < 1.29 is 4.74 Å². The smallest absolute Gasteiger partial charge is 0.0622 e. The Morgan fingerprint density at radius 3 is 2.89 bits per heavy atom. The summed E-state index contributed by atoms with van der Waals surface area (Å²) in [6, 6.07) is 7.46. The van der Waals surface area contributed by atoms with Crippen LogP contribution in [-0.4, -0.2) is 37.2 Å². The highest BCUT2D eigenvalue weighted by Gasteiger charge is 2.29. The number of benzene rings is 1. The van der Waals surface area contributed by atoms with Gasteiger partial charge in [0.2, 0.25) is 0 Å². The average Bonchev–Trinajstić information content (AvgIpc) is 2.44. The Balaban J connectivity index is 2.29. The molecular formula is C16H26N2O. The summed E-state index contributed by atoms with van der Waals surface area (Å²) in [6.07, 6.45) is 1.11. The van der Waals surface area contributed by atoms with E-state index in [-0.39, 0.29) is 0 Å². The lowest BCUT2D eigenvalue weighted by Gasteiger charge is -2.41. The van der Waals surface area contributed by atoms with Crippen molar-refractivity contribution >= 4 is 0 Å². The van der Waals surface area contributed by atoms with Crippen molar-refractivity contribution in [1.82, 2.24) is 4.90 Å². The van der Waals surface area contributed by atoms with Crippen LogP contribution in [0.4, 0.5) is 0 Å². The van der Waals surface area contributed by atoms with Gasteiger partial charge in [-0.05, 0) is 31.4 Å². The third kappa shape index (κ3) is 3.16. The maximum atomic E-state index is 6.09. The first-order valence-corrected chi connectivity index (χ1v) is 7.28. The van der Waals surface area contributed by atoms with E-state index in [1.807, 2.05) is 0 Å². The quantitative estimate of drug-likeness (QED) is 0.905. The first-order valence-electron chi connectivity index (χ1n) is 7.28. The molecule has 1 saturated heterocycles. The topological polar surface area (TPSA) is 38.5 Å². The molecule has 0 aromatic heterocycles. The Bertz CT molecular complexity index is 419. The van der Waals surface area contributed by atoms with E-state index in [2.05, 4.69) is 43.9 Å². The van der Waals surface area contributed by atoms with Crippen LogP contribution in [-0.2, 0) is 4.74 Å². The predicted octanol–water partition coefficient (Wildman–Crippen LogP) is 2.41. The molecule has 1 aliphatic rings. The highest BCUT2D eigenvalue weighted by Crippen LogP contribution is 2.28. The van der Waals surface area contributed by atoms with Gasteiger partial charge < -0.3 is 10.5 Å². The predicted molar refractivity (Wildman–Crippen MR) is 79.3 cm³/mol. The number of hydrogen-bond donors (Lipinski definition) is 1. The van der Waals surface area contributed by atoms with Gasteiger partial charge in [-0.3, -0.25) is 4.90 Å². The monoisotopic (exact) mass is 262 g/mol. The first-order chi connectivity index (χ1) is 9.17. The van der Waals surface area contributed by atoms with Gasteiger partial charge in [0.1, 0.15) is 0 Å². The highest BCUT2D eigenvalue weighted by molar-refractivity contribution is 5.33. The van der Waals surface area contributed by atoms with Crippen LogP contribution in [0.25, 0.3) is 0 Å². The molecule has 1 aliphatic heterocycles. The molecule has 3 heteroatoms. The molecule has 0 aliphatic carbocycles. The minimum Gasteiger partial charge on any atom is -0.378 e. The highest BCUT2D eigenvalue weighted by atomic mass is 16.5. The molecule has 1 aromatic rings. The number of nitrogens with two attached hydrogens (primary N) is 1. The Morgan fingerprint density at radius 1 is 1.42 bits per heavy atom. The van der Waals surface area contributed by atoms with Gasteiger partial charge in [0, 0.05) is 25.2 Å². The second-order valence-electron chi connectivity index (χ2n) is 5.49. The molecule has 2 rings (SSSR count). The molecule has 0 saturated carbocycles. The van der Waals surface area contributed by atoms with E-state index in [9.17, 15) is 0 Å². The van der Waals surface area contributed by atoms with Crippen LogP contribution in [0.1, 0.15) is 36.1 Å². The molecule has 0 radical (unpaired) electrons. The molecule has 0 bridgehead atoms. The summed E-state index contributed by atoms with van der Waals surface area (Å²) in [6.45, 7) is 9.85. The average molecular weight is 262 g/mol. The van der Waals surface area contributed by atoms with Crippen molar-refractivity contribution in [1.29, 1.82) is 0 Å². The summed E-state index contributed by atoms with van der Waals surface area (Å²) >= 11 is 0. The van der Waals surface area contributed by atoms with Crippen LogP contribution < -0.4 is 5.73 Å². The lowest BCUT2D eigenvalue weighted by atomic mass is 9.96. The fourth-order valence-corrected chi connectivity index (χ4v) is 2.99. The standard InChI is InChI=1S/C16H26N2O/c1-4-14-11-19-8-7-18(14)16(10-17)15-9-12(2)5-6-13(15)3/h5-6,9,14,16H,4,7-8,10-11,17H2,1-3H3. The van der Waals surface area contributed by atoms with E-state index in [4.69, 9.17) is 10.5 Å². The lowest BCUT2D eigenvalue weighted by Crippen LogP contribution is -2.48. The molecule has 2 atom stereocenters. The number of aryl methyl sites for hydroxylation is 2. The molecular weight excluding hydrogens is 236 g/mol. The molecule has 1 aromatic carbocycles. The summed E-state index contributed by atoms with van der Waals surface area (Å²) < 4.78 is 5.61. The maximum Gasteiger partial charge on any atom is 0.0622 e. The number of rotatable bonds is 4. The minimum atomic E-state index is 0.314. The second kappa shape index (κ2) is 6.51. The third-order valence-electron chi connectivity index (χ3n) is 4.16. The van der Waals surface area contributed by atoms with Gasteiger partial charge in [-0.25, -0.2) is 0 Å². The Kier molecular flexibility index (Phi) is 4.97. The molecule has 1 heterocycles. The van der Waals surface area contributed by atoms with Crippen molar-refractivity contribution in [3.63, 3.8) is 0 Å². The molecule has 19 heavy (non-hydrogen) atoms. The van der Waals surface area contributed by atoms with Gasteiger partial charge in [-0.15, -0.1) is 0 Å². The SMILES string of the molecule is CCC1COCCN1C(CN)c1cc(C)ccc1C. The minimum absolute atomic E-state index is 0.314. The lowest BCUT2D eigenvalue weighted by molar-refractivity contribution is -0.0292. The Labute approximate surface area is 116 Å². The summed E-state index contributed by atoms with van der Waals surface area (Å²) in [5.74, 6) is 0.